The Morgan fingerprint density at radius 1 is 1.18 bits per heavy atom. The van der Waals surface area contributed by atoms with Gasteiger partial charge in [-0.3, -0.25) is 4.79 Å². The lowest BCUT2D eigenvalue weighted by Crippen LogP contribution is -2.29. The number of rotatable bonds is 6. The zero-order valence-corrected chi connectivity index (χ0v) is 10.6. The molecule has 0 bridgehead atoms. The summed E-state index contributed by atoms with van der Waals surface area (Å²) < 4.78 is 0. The first kappa shape index (κ1) is 13.7. The first-order chi connectivity index (χ1) is 8.21. The Hall–Kier alpha value is -1.35. The van der Waals surface area contributed by atoms with E-state index in [1.807, 2.05) is 38.1 Å². The van der Waals surface area contributed by atoms with E-state index in [9.17, 15) is 4.79 Å². The fraction of sp³-hybridized carbons (Fsp3) is 0.500. The van der Waals surface area contributed by atoms with Crippen LogP contribution >= 0.6 is 0 Å². The maximum atomic E-state index is 11.8. The van der Waals surface area contributed by atoms with Crippen LogP contribution in [0.15, 0.2) is 24.3 Å². The van der Waals surface area contributed by atoms with Gasteiger partial charge in [0.05, 0.1) is 6.61 Å². The van der Waals surface area contributed by atoms with Crippen LogP contribution in [0.4, 0.5) is 0 Å². The van der Waals surface area contributed by atoms with Crippen LogP contribution < -0.4 is 5.32 Å². The Kier molecular flexibility index (Phi) is 5.70. The summed E-state index contributed by atoms with van der Waals surface area (Å²) in [5, 5.41) is 11.9. The first-order valence-corrected chi connectivity index (χ1v) is 6.17. The molecule has 0 aliphatic heterocycles. The highest BCUT2D eigenvalue weighted by atomic mass is 16.3. The van der Waals surface area contributed by atoms with E-state index in [0.29, 0.717) is 6.54 Å². The van der Waals surface area contributed by atoms with Crippen LogP contribution in [0.3, 0.4) is 0 Å². The molecule has 0 aliphatic rings. The van der Waals surface area contributed by atoms with E-state index in [1.165, 1.54) is 0 Å². The lowest BCUT2D eigenvalue weighted by Gasteiger charge is -2.12. The van der Waals surface area contributed by atoms with Crippen LogP contribution in [0.2, 0.25) is 0 Å². The summed E-state index contributed by atoms with van der Waals surface area (Å²) in [5.41, 5.74) is 1.95. The molecule has 0 aliphatic carbocycles. The van der Waals surface area contributed by atoms with E-state index in [4.69, 9.17) is 5.11 Å². The Labute approximate surface area is 103 Å². The van der Waals surface area contributed by atoms with Crippen molar-refractivity contribution in [2.45, 2.75) is 39.8 Å². The summed E-state index contributed by atoms with van der Waals surface area (Å²) in [7, 11) is 0. The van der Waals surface area contributed by atoms with Crippen LogP contribution in [0, 0.1) is 5.92 Å². The van der Waals surface area contributed by atoms with Crippen molar-refractivity contribution in [3.63, 3.8) is 0 Å². The summed E-state index contributed by atoms with van der Waals surface area (Å²) in [6, 6.07) is 7.61. The summed E-state index contributed by atoms with van der Waals surface area (Å²) in [6.45, 7) is 4.68. The molecule has 0 spiro atoms. The zero-order valence-electron chi connectivity index (χ0n) is 10.6. The average molecular weight is 235 g/mol. The van der Waals surface area contributed by atoms with Gasteiger partial charge in [0.25, 0.3) is 0 Å². The van der Waals surface area contributed by atoms with Gasteiger partial charge in [-0.2, -0.15) is 0 Å². The molecular weight excluding hydrogens is 214 g/mol. The lowest BCUT2D eigenvalue weighted by atomic mass is 10.0. The summed E-state index contributed by atoms with van der Waals surface area (Å²) in [6.07, 6.45) is 1.76. The molecule has 3 heteroatoms. The molecule has 0 saturated carbocycles. The van der Waals surface area contributed by atoms with E-state index in [2.05, 4.69) is 5.32 Å². The molecule has 0 unspecified atom stereocenters. The van der Waals surface area contributed by atoms with E-state index < -0.39 is 0 Å². The lowest BCUT2D eigenvalue weighted by molar-refractivity contribution is -0.125. The van der Waals surface area contributed by atoms with Gasteiger partial charge in [0, 0.05) is 12.5 Å². The van der Waals surface area contributed by atoms with Crippen molar-refractivity contribution >= 4 is 5.91 Å². The van der Waals surface area contributed by atoms with Gasteiger partial charge in [-0.25, -0.2) is 0 Å². The molecule has 94 valence electrons. The molecule has 0 radical (unpaired) electrons. The molecule has 0 atom stereocenters. The van der Waals surface area contributed by atoms with Crippen molar-refractivity contribution in [2.24, 2.45) is 5.92 Å². The normalized spacial score (nSPS) is 10.6. The van der Waals surface area contributed by atoms with Crippen molar-refractivity contribution in [3.05, 3.63) is 35.4 Å². The SMILES string of the molecule is CCC(CC)C(=O)NCc1ccc(CO)cc1. The predicted octanol–water partition coefficient (Wildman–Crippen LogP) is 2.23. The molecule has 1 aromatic rings. The highest BCUT2D eigenvalue weighted by molar-refractivity contribution is 5.78. The number of hydrogen-bond acceptors (Lipinski definition) is 2. The summed E-state index contributed by atoms with van der Waals surface area (Å²) in [5.74, 6) is 0.243. The minimum atomic E-state index is 0.0559. The number of aliphatic hydroxyl groups is 1. The molecule has 0 saturated heterocycles. The number of nitrogens with one attached hydrogen (secondary N) is 1. The van der Waals surface area contributed by atoms with Crippen molar-refractivity contribution in [1.82, 2.24) is 5.32 Å². The molecule has 0 fully saturated rings. The third-order valence-electron chi connectivity index (χ3n) is 3.03. The highest BCUT2D eigenvalue weighted by Gasteiger charge is 2.12. The molecular formula is C14H21NO2. The third-order valence-corrected chi connectivity index (χ3v) is 3.03. The van der Waals surface area contributed by atoms with Crippen molar-refractivity contribution in [3.8, 4) is 0 Å². The van der Waals surface area contributed by atoms with Gasteiger partial charge in [0.1, 0.15) is 0 Å². The van der Waals surface area contributed by atoms with Crippen LogP contribution in [0.25, 0.3) is 0 Å². The standard InChI is InChI=1S/C14H21NO2/c1-3-13(4-2)14(17)15-9-11-5-7-12(10-16)8-6-11/h5-8,13,16H,3-4,9-10H2,1-2H3,(H,15,17). The van der Waals surface area contributed by atoms with Gasteiger partial charge in [-0.15, -0.1) is 0 Å². The highest BCUT2D eigenvalue weighted by Crippen LogP contribution is 2.08. The summed E-state index contributed by atoms with van der Waals surface area (Å²) >= 11 is 0. The molecule has 1 rings (SSSR count). The van der Waals surface area contributed by atoms with Gasteiger partial charge in [0.15, 0.2) is 0 Å². The van der Waals surface area contributed by atoms with Crippen molar-refractivity contribution in [2.75, 3.05) is 0 Å². The van der Waals surface area contributed by atoms with Gasteiger partial charge in [0.2, 0.25) is 5.91 Å². The number of amides is 1. The Morgan fingerprint density at radius 2 is 1.71 bits per heavy atom. The number of carbonyl (C=O) groups excluding carboxylic acids is 1. The van der Waals surface area contributed by atoms with Gasteiger partial charge in [-0.05, 0) is 24.0 Å². The smallest absolute Gasteiger partial charge is 0.223 e. The predicted molar refractivity (Wildman–Crippen MR) is 68.3 cm³/mol. The minimum Gasteiger partial charge on any atom is -0.392 e. The van der Waals surface area contributed by atoms with Gasteiger partial charge in [-0.1, -0.05) is 38.1 Å². The van der Waals surface area contributed by atoms with Gasteiger partial charge < -0.3 is 10.4 Å². The number of hydrogen-bond donors (Lipinski definition) is 2. The van der Waals surface area contributed by atoms with E-state index in [-0.39, 0.29) is 18.4 Å². The first-order valence-electron chi connectivity index (χ1n) is 6.17. The molecule has 1 aromatic carbocycles. The molecule has 0 aromatic heterocycles. The van der Waals surface area contributed by atoms with Crippen molar-refractivity contribution < 1.29 is 9.90 Å². The molecule has 0 heterocycles. The number of benzene rings is 1. The maximum absolute atomic E-state index is 11.8. The van der Waals surface area contributed by atoms with E-state index in [1.54, 1.807) is 0 Å². The Bertz CT molecular complexity index is 342. The second-order valence-electron chi connectivity index (χ2n) is 4.21. The topological polar surface area (TPSA) is 49.3 Å². The maximum Gasteiger partial charge on any atom is 0.223 e. The quantitative estimate of drug-likeness (QED) is 0.794. The second kappa shape index (κ2) is 7.07. The fourth-order valence-electron chi connectivity index (χ4n) is 1.76. The third kappa shape index (κ3) is 4.19. The van der Waals surface area contributed by atoms with Gasteiger partial charge >= 0.3 is 0 Å². The number of aliphatic hydroxyl groups excluding tert-OH is 1. The number of carbonyl (C=O) groups is 1. The molecule has 17 heavy (non-hydrogen) atoms. The van der Waals surface area contributed by atoms with Crippen LogP contribution in [-0.4, -0.2) is 11.0 Å². The van der Waals surface area contributed by atoms with Crippen LogP contribution in [0.1, 0.15) is 37.8 Å². The second-order valence-corrected chi connectivity index (χ2v) is 4.21. The van der Waals surface area contributed by atoms with Crippen LogP contribution in [0.5, 0.6) is 0 Å². The Balaban J connectivity index is 2.46. The summed E-state index contributed by atoms with van der Waals surface area (Å²) in [4.78, 5) is 11.8. The molecule has 3 nitrogen and oxygen atoms in total. The van der Waals surface area contributed by atoms with Crippen molar-refractivity contribution in [1.29, 1.82) is 0 Å². The minimum absolute atomic E-state index is 0.0559. The Morgan fingerprint density at radius 3 is 2.18 bits per heavy atom. The largest absolute Gasteiger partial charge is 0.392 e. The zero-order chi connectivity index (χ0) is 12.7. The monoisotopic (exact) mass is 235 g/mol. The average Bonchev–Trinajstić information content (AvgIpc) is 2.38. The fourth-order valence-corrected chi connectivity index (χ4v) is 1.76. The molecule has 2 N–H and O–H groups in total. The van der Waals surface area contributed by atoms with Crippen LogP contribution in [-0.2, 0) is 17.9 Å². The van der Waals surface area contributed by atoms with E-state index >= 15 is 0 Å². The molecule has 1 amide bonds. The van der Waals surface area contributed by atoms with E-state index in [0.717, 1.165) is 24.0 Å².